The van der Waals surface area contributed by atoms with Crippen molar-refractivity contribution in [1.29, 1.82) is 0 Å². The molecule has 24 heavy (non-hydrogen) atoms. The lowest BCUT2D eigenvalue weighted by atomic mass is 10.1. The molecular weight excluding hydrogens is 346 g/mol. The zero-order valence-corrected chi connectivity index (χ0v) is 14.9. The van der Waals surface area contributed by atoms with Gasteiger partial charge in [0.05, 0.1) is 18.9 Å². The number of benzene rings is 1. The topological polar surface area (TPSA) is 54.5 Å². The van der Waals surface area contributed by atoms with Gasteiger partial charge in [0.15, 0.2) is 5.13 Å². The summed E-state index contributed by atoms with van der Waals surface area (Å²) in [6.45, 7) is 4.17. The van der Waals surface area contributed by atoms with Crippen LogP contribution in [0, 0.1) is 0 Å². The highest BCUT2D eigenvalue weighted by molar-refractivity contribution is 7.16. The molecule has 0 saturated carbocycles. The van der Waals surface area contributed by atoms with Crippen LogP contribution in [-0.4, -0.2) is 48.0 Å². The van der Waals surface area contributed by atoms with Gasteiger partial charge < -0.3 is 10.1 Å². The molecule has 5 nitrogen and oxygen atoms in total. The summed E-state index contributed by atoms with van der Waals surface area (Å²) in [5.74, 6) is 0.208. The van der Waals surface area contributed by atoms with Crippen molar-refractivity contribution in [3.05, 3.63) is 35.2 Å². The number of carbonyl (C=O) groups is 1. The van der Waals surface area contributed by atoms with E-state index in [0.29, 0.717) is 17.4 Å². The van der Waals surface area contributed by atoms with Crippen molar-refractivity contribution in [2.45, 2.75) is 13.0 Å². The van der Waals surface area contributed by atoms with E-state index in [2.05, 4.69) is 15.2 Å². The highest BCUT2D eigenvalue weighted by Gasteiger charge is 2.18. The Morgan fingerprint density at radius 3 is 2.75 bits per heavy atom. The van der Waals surface area contributed by atoms with Crippen LogP contribution >= 0.6 is 22.9 Å². The summed E-state index contributed by atoms with van der Waals surface area (Å²) < 4.78 is 5.41. The molecule has 1 amide bonds. The number of alkyl halides is 1. The fraction of sp³-hybridized carbons (Fsp3) is 0.412. The fourth-order valence-electron chi connectivity index (χ4n) is 2.56. The number of anilines is 1. The number of nitrogens with one attached hydrogen (secondary N) is 1. The quantitative estimate of drug-likeness (QED) is 0.799. The minimum Gasteiger partial charge on any atom is -0.379 e. The molecule has 0 radical (unpaired) electrons. The lowest BCUT2D eigenvalue weighted by Crippen LogP contribution is -2.35. The normalized spacial score (nSPS) is 15.4. The number of hydrogen-bond acceptors (Lipinski definition) is 5. The van der Waals surface area contributed by atoms with Crippen LogP contribution in [0.5, 0.6) is 0 Å². The van der Waals surface area contributed by atoms with Gasteiger partial charge in [0, 0.05) is 42.4 Å². The number of amides is 1. The molecule has 1 aromatic carbocycles. The van der Waals surface area contributed by atoms with E-state index in [1.165, 1.54) is 11.3 Å². The molecule has 1 aliphatic rings. The van der Waals surface area contributed by atoms with Crippen LogP contribution in [0.25, 0.3) is 11.3 Å². The Labute approximate surface area is 150 Å². The minimum atomic E-state index is -0.101. The average molecular weight is 366 g/mol. The van der Waals surface area contributed by atoms with E-state index in [-0.39, 0.29) is 5.91 Å². The maximum atomic E-state index is 11.8. The number of aromatic nitrogens is 1. The van der Waals surface area contributed by atoms with E-state index in [0.717, 1.165) is 49.0 Å². The van der Waals surface area contributed by atoms with Crippen molar-refractivity contribution in [3.8, 4) is 11.3 Å². The Hall–Kier alpha value is -1.47. The molecule has 128 valence electrons. The number of hydrogen-bond donors (Lipinski definition) is 1. The Kier molecular flexibility index (Phi) is 6.20. The van der Waals surface area contributed by atoms with Gasteiger partial charge in [0.2, 0.25) is 5.91 Å². The molecule has 1 fully saturated rings. The largest absolute Gasteiger partial charge is 0.379 e. The van der Waals surface area contributed by atoms with Crippen molar-refractivity contribution in [2.75, 3.05) is 37.5 Å². The summed E-state index contributed by atoms with van der Waals surface area (Å²) in [5, 5.41) is 3.48. The van der Waals surface area contributed by atoms with Crippen LogP contribution in [0.2, 0.25) is 0 Å². The van der Waals surface area contributed by atoms with Gasteiger partial charge >= 0.3 is 0 Å². The van der Waals surface area contributed by atoms with Gasteiger partial charge in [-0.15, -0.1) is 11.6 Å². The summed E-state index contributed by atoms with van der Waals surface area (Å²) in [5.41, 5.74) is 2.00. The van der Waals surface area contributed by atoms with E-state index in [9.17, 15) is 4.79 Å². The van der Waals surface area contributed by atoms with Crippen LogP contribution in [-0.2, 0) is 16.1 Å². The lowest BCUT2D eigenvalue weighted by Gasteiger charge is -2.26. The molecule has 3 rings (SSSR count). The third-order valence-electron chi connectivity index (χ3n) is 3.78. The fourth-order valence-corrected chi connectivity index (χ4v) is 3.78. The second-order valence-electron chi connectivity index (χ2n) is 5.53. The van der Waals surface area contributed by atoms with E-state index in [4.69, 9.17) is 16.3 Å². The first-order chi connectivity index (χ1) is 11.8. The van der Waals surface area contributed by atoms with Crippen molar-refractivity contribution >= 4 is 34.0 Å². The maximum Gasteiger partial charge on any atom is 0.227 e. The molecule has 2 heterocycles. The van der Waals surface area contributed by atoms with Gasteiger partial charge in [-0.3, -0.25) is 9.69 Å². The van der Waals surface area contributed by atoms with Crippen LogP contribution < -0.4 is 5.32 Å². The lowest BCUT2D eigenvalue weighted by molar-refractivity contribution is -0.115. The molecule has 0 atom stereocenters. The number of rotatable bonds is 6. The van der Waals surface area contributed by atoms with Gasteiger partial charge in [0.1, 0.15) is 0 Å². The number of halogens is 1. The van der Waals surface area contributed by atoms with Gasteiger partial charge in [-0.05, 0) is 0 Å². The Balaban J connectivity index is 1.83. The molecule has 0 aliphatic carbocycles. The predicted molar refractivity (Wildman–Crippen MR) is 97.6 cm³/mol. The average Bonchev–Trinajstić information content (AvgIpc) is 2.99. The summed E-state index contributed by atoms with van der Waals surface area (Å²) >= 11 is 7.16. The molecule has 1 aromatic heterocycles. The molecular formula is C17H20ClN3O2S. The zero-order chi connectivity index (χ0) is 16.8. The number of nitrogens with zero attached hydrogens (tertiary/aromatic N) is 2. The van der Waals surface area contributed by atoms with Crippen LogP contribution in [0.3, 0.4) is 0 Å². The first-order valence-corrected chi connectivity index (χ1v) is 9.32. The molecule has 0 bridgehead atoms. The first-order valence-electron chi connectivity index (χ1n) is 7.97. The third kappa shape index (κ3) is 4.54. The standard InChI is InChI=1S/C17H20ClN3O2S/c18-7-6-15(22)19-17-20-16(13-4-2-1-3-5-13)14(24-17)12-21-8-10-23-11-9-21/h1-5H,6-12H2,(H,19,20,22). The minimum absolute atomic E-state index is 0.101. The molecule has 7 heteroatoms. The number of morpholine rings is 1. The van der Waals surface area contributed by atoms with Crippen LogP contribution in [0.1, 0.15) is 11.3 Å². The highest BCUT2D eigenvalue weighted by Crippen LogP contribution is 2.32. The molecule has 0 unspecified atom stereocenters. The van der Waals surface area contributed by atoms with Gasteiger partial charge in [-0.2, -0.15) is 0 Å². The Bertz CT molecular complexity index is 672. The monoisotopic (exact) mass is 365 g/mol. The predicted octanol–water partition coefficient (Wildman–Crippen LogP) is 3.21. The SMILES string of the molecule is O=C(CCCl)Nc1nc(-c2ccccc2)c(CN2CCOCC2)s1. The number of thiazole rings is 1. The zero-order valence-electron chi connectivity index (χ0n) is 13.3. The van der Waals surface area contributed by atoms with Crippen molar-refractivity contribution in [2.24, 2.45) is 0 Å². The Morgan fingerprint density at radius 2 is 2.04 bits per heavy atom. The van der Waals surface area contributed by atoms with Crippen LogP contribution in [0.4, 0.5) is 5.13 Å². The third-order valence-corrected chi connectivity index (χ3v) is 4.93. The van der Waals surface area contributed by atoms with Crippen molar-refractivity contribution < 1.29 is 9.53 Å². The molecule has 1 saturated heterocycles. The van der Waals surface area contributed by atoms with Gasteiger partial charge in [-0.1, -0.05) is 41.7 Å². The summed E-state index contributed by atoms with van der Waals surface area (Å²) in [7, 11) is 0. The molecule has 1 aliphatic heterocycles. The summed E-state index contributed by atoms with van der Waals surface area (Å²) in [6.07, 6.45) is 0.292. The van der Waals surface area contributed by atoms with Gasteiger partial charge in [0.25, 0.3) is 0 Å². The van der Waals surface area contributed by atoms with Crippen molar-refractivity contribution in [1.82, 2.24) is 9.88 Å². The van der Waals surface area contributed by atoms with E-state index in [1.54, 1.807) is 0 Å². The number of carbonyl (C=O) groups excluding carboxylic acids is 1. The maximum absolute atomic E-state index is 11.8. The summed E-state index contributed by atoms with van der Waals surface area (Å²) in [4.78, 5) is 20.0. The molecule has 0 spiro atoms. The molecule has 2 aromatic rings. The molecule has 1 N–H and O–H groups in total. The second-order valence-corrected chi connectivity index (χ2v) is 6.99. The van der Waals surface area contributed by atoms with E-state index < -0.39 is 0 Å². The van der Waals surface area contributed by atoms with Crippen LogP contribution in [0.15, 0.2) is 30.3 Å². The summed E-state index contributed by atoms with van der Waals surface area (Å²) in [6, 6.07) is 10.1. The number of ether oxygens (including phenoxy) is 1. The smallest absolute Gasteiger partial charge is 0.227 e. The van der Waals surface area contributed by atoms with E-state index >= 15 is 0 Å². The Morgan fingerprint density at radius 1 is 1.29 bits per heavy atom. The second kappa shape index (κ2) is 8.58. The van der Waals surface area contributed by atoms with Gasteiger partial charge in [-0.25, -0.2) is 4.98 Å². The van der Waals surface area contributed by atoms with E-state index in [1.807, 2.05) is 30.3 Å². The van der Waals surface area contributed by atoms with Crippen molar-refractivity contribution in [3.63, 3.8) is 0 Å². The first kappa shape index (κ1) is 17.4. The highest BCUT2D eigenvalue weighted by atomic mass is 35.5.